The second kappa shape index (κ2) is 8.65. The maximum Gasteiger partial charge on any atom is 0.322 e. The summed E-state index contributed by atoms with van der Waals surface area (Å²) in [7, 11) is -1.40. The lowest BCUT2D eigenvalue weighted by Gasteiger charge is -2.34. The molecule has 2 bridgehead atoms. The average molecular weight is 439 g/mol. The van der Waals surface area contributed by atoms with Crippen molar-refractivity contribution in [1.82, 2.24) is 9.57 Å². The summed E-state index contributed by atoms with van der Waals surface area (Å²) < 4.78 is 20.0. The van der Waals surface area contributed by atoms with Crippen molar-refractivity contribution in [2.45, 2.75) is 71.8 Å². The SMILES string of the molecule is CC/N=C/OP(OCCN1C(=O)[C@@H]2[C@H](C1=O)C1(C)C=CC2(C)O1)N(C(C)C)C(C)C. The Morgan fingerprint density at radius 1 is 1.17 bits per heavy atom. The van der Waals surface area contributed by atoms with Gasteiger partial charge in [0.25, 0.3) is 0 Å². The predicted octanol–water partition coefficient (Wildman–Crippen LogP) is 3.13. The number of hydrogen-bond donors (Lipinski definition) is 0. The van der Waals surface area contributed by atoms with E-state index in [0.29, 0.717) is 6.54 Å². The summed E-state index contributed by atoms with van der Waals surface area (Å²) in [5.41, 5.74) is -1.42. The molecule has 0 aliphatic carbocycles. The number of carbonyl (C=O) groups is 2. The van der Waals surface area contributed by atoms with E-state index in [0.717, 1.165) is 0 Å². The summed E-state index contributed by atoms with van der Waals surface area (Å²) in [6.07, 6.45) is 5.27. The fourth-order valence-electron chi connectivity index (χ4n) is 4.79. The number of aliphatic imine (C=N–C) groups is 1. The molecule has 3 aliphatic rings. The Morgan fingerprint density at radius 2 is 1.70 bits per heavy atom. The lowest BCUT2D eigenvalue weighted by atomic mass is 9.73. The molecule has 2 amide bonds. The van der Waals surface area contributed by atoms with Crippen LogP contribution in [0.3, 0.4) is 0 Å². The predicted molar refractivity (Wildman–Crippen MR) is 116 cm³/mol. The summed E-state index contributed by atoms with van der Waals surface area (Å²) in [4.78, 5) is 31.6. The van der Waals surface area contributed by atoms with Crippen LogP contribution >= 0.6 is 8.53 Å². The highest BCUT2D eigenvalue weighted by molar-refractivity contribution is 7.45. The first-order valence-corrected chi connectivity index (χ1v) is 11.8. The molecule has 5 atom stereocenters. The molecule has 0 aromatic carbocycles. The first-order chi connectivity index (χ1) is 14.1. The molecule has 3 unspecified atom stereocenters. The Kier molecular flexibility index (Phi) is 6.73. The smallest absolute Gasteiger partial charge is 0.322 e. The molecule has 8 nitrogen and oxygen atoms in total. The van der Waals surface area contributed by atoms with Crippen molar-refractivity contribution in [3.63, 3.8) is 0 Å². The fourth-order valence-corrected chi connectivity index (χ4v) is 6.24. The van der Waals surface area contributed by atoms with Crippen LogP contribution in [-0.4, -0.2) is 70.8 Å². The van der Waals surface area contributed by atoms with E-state index >= 15 is 0 Å². The number of likely N-dealkylation sites (tertiary alicyclic amines) is 1. The number of rotatable bonds is 10. The van der Waals surface area contributed by atoms with Gasteiger partial charge in [-0.3, -0.25) is 19.5 Å². The Balaban J connectivity index is 1.66. The van der Waals surface area contributed by atoms with Gasteiger partial charge in [-0.25, -0.2) is 4.67 Å². The molecule has 3 rings (SSSR count). The van der Waals surface area contributed by atoms with Crippen LogP contribution in [-0.2, 0) is 23.4 Å². The van der Waals surface area contributed by atoms with E-state index in [-0.39, 0.29) is 37.0 Å². The maximum atomic E-state index is 13.0. The van der Waals surface area contributed by atoms with Gasteiger partial charge in [-0.15, -0.1) is 0 Å². The zero-order valence-corrected chi connectivity index (χ0v) is 19.9. The largest absolute Gasteiger partial charge is 0.425 e. The Hall–Kier alpha value is -1.34. The van der Waals surface area contributed by atoms with E-state index in [2.05, 4.69) is 37.4 Å². The molecular formula is C21H34N3O5P. The van der Waals surface area contributed by atoms with Crippen LogP contribution in [0.1, 0.15) is 48.5 Å². The average Bonchev–Trinajstić information content (AvgIpc) is 3.19. The van der Waals surface area contributed by atoms with Crippen LogP contribution in [0.25, 0.3) is 0 Å². The number of amides is 2. The molecule has 9 heteroatoms. The molecule has 168 valence electrons. The molecule has 0 N–H and O–H groups in total. The van der Waals surface area contributed by atoms with Crippen LogP contribution < -0.4 is 0 Å². The number of fused-ring (bicyclic) bond motifs is 5. The summed E-state index contributed by atoms with van der Waals surface area (Å²) in [5, 5.41) is 0. The molecule has 3 heterocycles. The van der Waals surface area contributed by atoms with Gasteiger partial charge < -0.3 is 13.8 Å². The van der Waals surface area contributed by atoms with E-state index in [1.54, 1.807) is 0 Å². The Morgan fingerprint density at radius 3 is 2.17 bits per heavy atom. The van der Waals surface area contributed by atoms with E-state index in [1.807, 2.05) is 32.9 Å². The van der Waals surface area contributed by atoms with Gasteiger partial charge in [-0.2, -0.15) is 0 Å². The Bertz CT molecular complexity index is 698. The van der Waals surface area contributed by atoms with Crippen LogP contribution in [0.2, 0.25) is 0 Å². The van der Waals surface area contributed by atoms with Gasteiger partial charge in [-0.1, -0.05) is 12.2 Å². The van der Waals surface area contributed by atoms with Gasteiger partial charge in [0, 0.05) is 18.6 Å². The minimum Gasteiger partial charge on any atom is -0.425 e. The summed E-state index contributed by atoms with van der Waals surface area (Å²) in [6, 6.07) is 0.415. The highest BCUT2D eigenvalue weighted by atomic mass is 31.2. The highest BCUT2D eigenvalue weighted by Crippen LogP contribution is 2.57. The van der Waals surface area contributed by atoms with E-state index in [4.69, 9.17) is 13.8 Å². The van der Waals surface area contributed by atoms with E-state index in [1.165, 1.54) is 11.3 Å². The van der Waals surface area contributed by atoms with Crippen LogP contribution in [0, 0.1) is 11.8 Å². The fraction of sp³-hybridized carbons (Fsp3) is 0.762. The van der Waals surface area contributed by atoms with Gasteiger partial charge in [0.2, 0.25) is 11.8 Å². The van der Waals surface area contributed by atoms with Crippen molar-refractivity contribution in [1.29, 1.82) is 0 Å². The third-order valence-electron chi connectivity index (χ3n) is 5.98. The lowest BCUT2D eigenvalue weighted by Crippen LogP contribution is -2.41. The van der Waals surface area contributed by atoms with Gasteiger partial charge in [-0.05, 0) is 48.5 Å². The van der Waals surface area contributed by atoms with Crippen molar-refractivity contribution in [3.8, 4) is 0 Å². The lowest BCUT2D eigenvalue weighted by molar-refractivity contribution is -0.146. The molecule has 30 heavy (non-hydrogen) atoms. The van der Waals surface area contributed by atoms with Crippen molar-refractivity contribution in [2.75, 3.05) is 19.7 Å². The summed E-state index contributed by atoms with van der Waals surface area (Å²) >= 11 is 0. The molecule has 0 saturated carbocycles. The number of ether oxygens (including phenoxy) is 1. The van der Waals surface area contributed by atoms with E-state index in [9.17, 15) is 9.59 Å². The monoisotopic (exact) mass is 439 g/mol. The first-order valence-electron chi connectivity index (χ1n) is 10.7. The third-order valence-corrected chi connectivity index (χ3v) is 7.95. The van der Waals surface area contributed by atoms with Crippen molar-refractivity contribution >= 4 is 26.7 Å². The molecule has 0 aromatic rings. The molecule has 2 fully saturated rings. The minimum absolute atomic E-state index is 0.174. The second-order valence-corrected chi connectivity index (χ2v) is 10.3. The van der Waals surface area contributed by atoms with Crippen LogP contribution in [0.5, 0.6) is 0 Å². The van der Waals surface area contributed by atoms with Crippen LogP contribution in [0.4, 0.5) is 0 Å². The van der Waals surface area contributed by atoms with Gasteiger partial charge in [0.15, 0.2) is 6.40 Å². The molecular weight excluding hydrogens is 405 g/mol. The molecule has 3 aliphatic heterocycles. The number of imide groups is 1. The maximum absolute atomic E-state index is 13.0. The highest BCUT2D eigenvalue weighted by Gasteiger charge is 2.70. The zero-order valence-electron chi connectivity index (χ0n) is 19.0. The number of carbonyl (C=O) groups excluding carboxylic acids is 2. The van der Waals surface area contributed by atoms with Gasteiger partial charge in [0.1, 0.15) is 0 Å². The topological polar surface area (TPSA) is 80.7 Å². The number of hydrogen-bond acceptors (Lipinski definition) is 7. The van der Waals surface area contributed by atoms with Crippen molar-refractivity contribution in [3.05, 3.63) is 12.2 Å². The van der Waals surface area contributed by atoms with Crippen LogP contribution in [0.15, 0.2) is 17.1 Å². The van der Waals surface area contributed by atoms with Crippen molar-refractivity contribution < 1.29 is 23.4 Å². The van der Waals surface area contributed by atoms with Crippen molar-refractivity contribution in [2.24, 2.45) is 16.8 Å². The molecule has 0 radical (unpaired) electrons. The Labute approximate surface area is 180 Å². The van der Waals surface area contributed by atoms with Gasteiger partial charge >= 0.3 is 8.53 Å². The minimum atomic E-state index is -1.40. The number of nitrogens with zero attached hydrogens (tertiary/aromatic N) is 3. The molecule has 0 aromatic heterocycles. The standard InChI is InChI=1S/C21H34N3O5P/c1-8-22-13-28-30(24(14(2)3)15(4)5)27-12-11-23-18(25)16-17(19(23)26)21(7)10-9-20(16,6)29-21/h9-10,13-17H,8,11-12H2,1-7H3/b22-13+/t16-,17+,20?,21?,30?. The summed E-state index contributed by atoms with van der Waals surface area (Å²) in [5.74, 6) is -1.27. The second-order valence-electron chi connectivity index (χ2n) is 8.93. The van der Waals surface area contributed by atoms with E-state index < -0.39 is 31.6 Å². The molecule has 0 spiro atoms. The zero-order chi connectivity index (χ0) is 22.3. The molecule has 2 saturated heterocycles. The quantitative estimate of drug-likeness (QED) is 0.171. The third kappa shape index (κ3) is 3.95. The van der Waals surface area contributed by atoms with Gasteiger partial charge in [0.05, 0.1) is 36.2 Å². The first kappa shape index (κ1) is 23.3. The normalized spacial score (nSPS) is 33.7. The summed E-state index contributed by atoms with van der Waals surface area (Å²) in [6.45, 7) is 15.1.